The van der Waals surface area contributed by atoms with Gasteiger partial charge in [-0.15, -0.1) is 0 Å². The maximum atomic E-state index is 11.8. The largest absolute Gasteiger partial charge is 0.378 e. The van der Waals surface area contributed by atoms with Crippen molar-refractivity contribution in [3.63, 3.8) is 0 Å². The molecule has 1 aromatic carbocycles. The molecule has 1 saturated heterocycles. The van der Waals surface area contributed by atoms with E-state index in [1.54, 1.807) is 0 Å². The Hall–Kier alpha value is -1.39. The van der Waals surface area contributed by atoms with Crippen molar-refractivity contribution in [3.05, 3.63) is 35.4 Å². The number of amides is 1. The standard InChI is InChI=1S/C20H32N2O2/c1-17(2)24-14-11-20(23)21-15-18-7-9-19(10-8-18)16-22-12-5-3-4-6-13-22/h7-10,17H,3-6,11-16H2,1-2H3,(H,21,23). The number of nitrogens with zero attached hydrogens (tertiary/aromatic N) is 1. The number of benzene rings is 1. The second kappa shape index (κ2) is 10.5. The van der Waals surface area contributed by atoms with Crippen molar-refractivity contribution in [3.8, 4) is 0 Å². The highest BCUT2D eigenvalue weighted by Gasteiger charge is 2.09. The van der Waals surface area contributed by atoms with E-state index in [4.69, 9.17) is 4.74 Å². The molecule has 0 radical (unpaired) electrons. The molecule has 2 rings (SSSR count). The highest BCUT2D eigenvalue weighted by molar-refractivity contribution is 5.75. The van der Waals surface area contributed by atoms with E-state index >= 15 is 0 Å². The normalized spacial score (nSPS) is 16.1. The lowest BCUT2D eigenvalue weighted by Gasteiger charge is -2.19. The van der Waals surface area contributed by atoms with Crippen molar-refractivity contribution in [2.75, 3.05) is 19.7 Å². The van der Waals surface area contributed by atoms with Gasteiger partial charge in [0.15, 0.2) is 0 Å². The van der Waals surface area contributed by atoms with Gasteiger partial charge in [-0.05, 0) is 50.9 Å². The van der Waals surface area contributed by atoms with Crippen molar-refractivity contribution >= 4 is 5.91 Å². The van der Waals surface area contributed by atoms with Gasteiger partial charge in [0.1, 0.15) is 0 Å². The maximum Gasteiger partial charge on any atom is 0.222 e. The Bertz CT molecular complexity index is 477. The summed E-state index contributed by atoms with van der Waals surface area (Å²) in [6.07, 6.45) is 5.99. The Morgan fingerprint density at radius 3 is 2.33 bits per heavy atom. The summed E-state index contributed by atoms with van der Waals surface area (Å²) in [7, 11) is 0. The number of hydrogen-bond donors (Lipinski definition) is 1. The highest BCUT2D eigenvalue weighted by Crippen LogP contribution is 2.13. The van der Waals surface area contributed by atoms with Crippen LogP contribution in [0.4, 0.5) is 0 Å². The Kier molecular flexibility index (Phi) is 8.26. The molecular formula is C20H32N2O2. The van der Waals surface area contributed by atoms with E-state index in [-0.39, 0.29) is 12.0 Å². The molecular weight excluding hydrogens is 300 g/mol. The SMILES string of the molecule is CC(C)OCCC(=O)NCc1ccc(CN2CCCCCC2)cc1. The fraction of sp³-hybridized carbons (Fsp3) is 0.650. The van der Waals surface area contributed by atoms with Crippen LogP contribution in [0.5, 0.6) is 0 Å². The van der Waals surface area contributed by atoms with Crippen molar-refractivity contribution in [1.82, 2.24) is 10.2 Å². The number of carbonyl (C=O) groups excluding carboxylic acids is 1. The van der Waals surface area contributed by atoms with Gasteiger partial charge in [-0.25, -0.2) is 0 Å². The van der Waals surface area contributed by atoms with Gasteiger partial charge in [-0.3, -0.25) is 9.69 Å². The van der Waals surface area contributed by atoms with Crippen molar-refractivity contribution in [2.24, 2.45) is 0 Å². The minimum absolute atomic E-state index is 0.0456. The number of ether oxygens (including phenoxy) is 1. The first-order chi connectivity index (χ1) is 11.6. The molecule has 0 bridgehead atoms. The van der Waals surface area contributed by atoms with E-state index in [0.29, 0.717) is 19.6 Å². The summed E-state index contributed by atoms with van der Waals surface area (Å²) in [6.45, 7) is 8.50. The first-order valence-corrected chi connectivity index (χ1v) is 9.32. The molecule has 0 aromatic heterocycles. The van der Waals surface area contributed by atoms with Crippen LogP contribution in [0.25, 0.3) is 0 Å². The fourth-order valence-corrected chi connectivity index (χ4v) is 2.99. The minimum Gasteiger partial charge on any atom is -0.378 e. The summed E-state index contributed by atoms with van der Waals surface area (Å²) < 4.78 is 5.40. The summed E-state index contributed by atoms with van der Waals surface area (Å²) in [5.41, 5.74) is 2.50. The molecule has 0 unspecified atom stereocenters. The number of hydrogen-bond acceptors (Lipinski definition) is 3. The molecule has 4 nitrogen and oxygen atoms in total. The predicted molar refractivity (Wildman–Crippen MR) is 97.7 cm³/mol. The molecule has 1 fully saturated rings. The molecule has 1 amide bonds. The minimum atomic E-state index is 0.0456. The summed E-state index contributed by atoms with van der Waals surface area (Å²) in [5, 5.41) is 2.95. The second-order valence-electron chi connectivity index (χ2n) is 6.95. The van der Waals surface area contributed by atoms with Gasteiger partial charge in [-0.1, -0.05) is 37.1 Å². The molecule has 1 aromatic rings. The maximum absolute atomic E-state index is 11.8. The van der Waals surface area contributed by atoms with Crippen LogP contribution in [0.15, 0.2) is 24.3 Å². The summed E-state index contributed by atoms with van der Waals surface area (Å²) in [4.78, 5) is 14.3. The molecule has 1 aliphatic heterocycles. The number of carbonyl (C=O) groups is 1. The molecule has 134 valence electrons. The first kappa shape index (κ1) is 18.9. The van der Waals surface area contributed by atoms with E-state index in [0.717, 1.165) is 12.1 Å². The number of rotatable bonds is 8. The molecule has 0 spiro atoms. The molecule has 0 saturated carbocycles. The van der Waals surface area contributed by atoms with E-state index in [1.165, 1.54) is 44.3 Å². The molecule has 1 N–H and O–H groups in total. The van der Waals surface area contributed by atoms with Crippen LogP contribution in [-0.4, -0.2) is 36.6 Å². The van der Waals surface area contributed by atoms with Crippen molar-refractivity contribution in [1.29, 1.82) is 0 Å². The molecule has 4 heteroatoms. The first-order valence-electron chi connectivity index (χ1n) is 9.32. The van der Waals surface area contributed by atoms with Crippen LogP contribution in [0.1, 0.15) is 57.1 Å². The summed E-state index contributed by atoms with van der Waals surface area (Å²) in [6, 6.07) is 8.62. The molecule has 0 atom stereocenters. The zero-order valence-corrected chi connectivity index (χ0v) is 15.2. The van der Waals surface area contributed by atoms with E-state index < -0.39 is 0 Å². The van der Waals surface area contributed by atoms with Crippen molar-refractivity contribution in [2.45, 2.75) is 65.1 Å². The lowest BCUT2D eigenvalue weighted by molar-refractivity contribution is -0.122. The van der Waals surface area contributed by atoms with Crippen LogP contribution >= 0.6 is 0 Å². The van der Waals surface area contributed by atoms with Gasteiger partial charge in [-0.2, -0.15) is 0 Å². The second-order valence-corrected chi connectivity index (χ2v) is 6.95. The van der Waals surface area contributed by atoms with Crippen LogP contribution in [-0.2, 0) is 22.6 Å². The van der Waals surface area contributed by atoms with Gasteiger partial charge in [0.25, 0.3) is 0 Å². The summed E-state index contributed by atoms with van der Waals surface area (Å²) in [5.74, 6) is 0.0456. The fourth-order valence-electron chi connectivity index (χ4n) is 2.99. The molecule has 0 aliphatic carbocycles. The van der Waals surface area contributed by atoms with Gasteiger partial charge < -0.3 is 10.1 Å². The number of likely N-dealkylation sites (tertiary alicyclic amines) is 1. The zero-order chi connectivity index (χ0) is 17.2. The van der Waals surface area contributed by atoms with Crippen LogP contribution in [0, 0.1) is 0 Å². The number of nitrogens with one attached hydrogen (secondary N) is 1. The molecule has 24 heavy (non-hydrogen) atoms. The monoisotopic (exact) mass is 332 g/mol. The van der Waals surface area contributed by atoms with Crippen LogP contribution in [0.3, 0.4) is 0 Å². The topological polar surface area (TPSA) is 41.6 Å². The lowest BCUT2D eigenvalue weighted by atomic mass is 10.1. The van der Waals surface area contributed by atoms with E-state index in [2.05, 4.69) is 34.5 Å². The predicted octanol–water partition coefficient (Wildman–Crippen LogP) is 3.49. The Morgan fingerprint density at radius 1 is 1.08 bits per heavy atom. The highest BCUT2D eigenvalue weighted by atomic mass is 16.5. The Balaban J connectivity index is 1.70. The van der Waals surface area contributed by atoms with Crippen LogP contribution < -0.4 is 5.32 Å². The van der Waals surface area contributed by atoms with Crippen molar-refractivity contribution < 1.29 is 9.53 Å². The van der Waals surface area contributed by atoms with Gasteiger partial charge in [0, 0.05) is 19.5 Å². The van der Waals surface area contributed by atoms with Crippen LogP contribution in [0.2, 0.25) is 0 Å². The Morgan fingerprint density at radius 2 is 1.71 bits per heavy atom. The Labute approximate surface area is 146 Å². The molecule has 1 heterocycles. The quantitative estimate of drug-likeness (QED) is 0.792. The average Bonchev–Trinajstić information content (AvgIpc) is 2.82. The van der Waals surface area contributed by atoms with E-state index in [1.807, 2.05) is 13.8 Å². The van der Waals surface area contributed by atoms with Gasteiger partial charge >= 0.3 is 0 Å². The average molecular weight is 332 g/mol. The smallest absolute Gasteiger partial charge is 0.222 e. The third-order valence-electron chi connectivity index (χ3n) is 4.40. The van der Waals surface area contributed by atoms with E-state index in [9.17, 15) is 4.79 Å². The third-order valence-corrected chi connectivity index (χ3v) is 4.40. The zero-order valence-electron chi connectivity index (χ0n) is 15.2. The summed E-state index contributed by atoms with van der Waals surface area (Å²) >= 11 is 0. The third kappa shape index (κ3) is 7.45. The molecule has 1 aliphatic rings. The lowest BCUT2D eigenvalue weighted by Crippen LogP contribution is -2.25. The van der Waals surface area contributed by atoms with Gasteiger partial charge in [0.2, 0.25) is 5.91 Å². The van der Waals surface area contributed by atoms with Gasteiger partial charge in [0.05, 0.1) is 12.7 Å².